The molecule has 17 heavy (non-hydrogen) atoms. The van der Waals surface area contributed by atoms with Crippen molar-refractivity contribution < 1.29 is 0 Å². The molecule has 1 N–H and O–H groups in total. The number of nitrogens with one attached hydrogen (secondary N) is 1. The second-order valence-corrected chi connectivity index (χ2v) is 7.26. The van der Waals surface area contributed by atoms with Crippen LogP contribution in [0.2, 0.25) is 0 Å². The maximum Gasteiger partial charge on any atom is -0.00179 e. The van der Waals surface area contributed by atoms with Gasteiger partial charge in [-0.2, -0.15) is 0 Å². The molecule has 0 radical (unpaired) electrons. The zero-order valence-electron chi connectivity index (χ0n) is 12.7. The van der Waals surface area contributed by atoms with Gasteiger partial charge in [0.1, 0.15) is 0 Å². The molecule has 0 saturated heterocycles. The number of rotatable bonds is 6. The first-order valence-corrected chi connectivity index (χ1v) is 7.65. The van der Waals surface area contributed by atoms with E-state index in [0.717, 1.165) is 17.8 Å². The average Bonchev–Trinajstić information content (AvgIpc) is 2.20. The summed E-state index contributed by atoms with van der Waals surface area (Å²) in [5, 5.41) is 3.64. The van der Waals surface area contributed by atoms with E-state index in [4.69, 9.17) is 0 Å². The molecule has 1 rings (SSSR count). The van der Waals surface area contributed by atoms with Crippen LogP contribution < -0.4 is 5.32 Å². The fourth-order valence-corrected chi connectivity index (χ4v) is 3.40. The maximum absolute atomic E-state index is 3.64. The Morgan fingerprint density at radius 1 is 1.24 bits per heavy atom. The van der Waals surface area contributed by atoms with Gasteiger partial charge in [0.25, 0.3) is 0 Å². The largest absolute Gasteiger partial charge is 0.316 e. The van der Waals surface area contributed by atoms with Crippen LogP contribution in [0.5, 0.6) is 0 Å². The minimum Gasteiger partial charge on any atom is -0.316 e. The zero-order valence-corrected chi connectivity index (χ0v) is 12.7. The third kappa shape index (κ3) is 5.42. The minimum atomic E-state index is 0.584. The van der Waals surface area contributed by atoms with Crippen molar-refractivity contribution in [1.29, 1.82) is 0 Å². The van der Waals surface area contributed by atoms with Gasteiger partial charge >= 0.3 is 0 Å². The zero-order chi connectivity index (χ0) is 12.9. The van der Waals surface area contributed by atoms with E-state index in [-0.39, 0.29) is 0 Å². The number of hydrogen-bond donors (Lipinski definition) is 1. The monoisotopic (exact) mass is 239 g/mol. The Labute approximate surface area is 109 Å². The lowest BCUT2D eigenvalue weighted by Crippen LogP contribution is -2.36. The smallest absolute Gasteiger partial charge is 0.00179 e. The third-order valence-corrected chi connectivity index (χ3v) is 4.28. The first-order valence-electron chi connectivity index (χ1n) is 7.65. The van der Waals surface area contributed by atoms with Gasteiger partial charge in [-0.1, -0.05) is 34.6 Å². The Bertz CT molecular complexity index is 208. The highest BCUT2D eigenvalue weighted by Crippen LogP contribution is 2.43. The van der Waals surface area contributed by atoms with Crippen LogP contribution in [-0.2, 0) is 0 Å². The molecule has 0 aliphatic heterocycles. The van der Waals surface area contributed by atoms with E-state index >= 15 is 0 Å². The van der Waals surface area contributed by atoms with Gasteiger partial charge in [0.2, 0.25) is 0 Å². The summed E-state index contributed by atoms with van der Waals surface area (Å²) in [5.41, 5.74) is 0.584. The quantitative estimate of drug-likeness (QED) is 0.674. The molecule has 1 fully saturated rings. The van der Waals surface area contributed by atoms with Crippen LogP contribution >= 0.6 is 0 Å². The van der Waals surface area contributed by atoms with Crippen LogP contribution in [0.1, 0.15) is 66.7 Å². The molecule has 0 amide bonds. The van der Waals surface area contributed by atoms with Gasteiger partial charge in [0.05, 0.1) is 0 Å². The topological polar surface area (TPSA) is 12.0 Å². The molecule has 1 aliphatic rings. The summed E-state index contributed by atoms with van der Waals surface area (Å²) in [7, 11) is 0. The van der Waals surface area contributed by atoms with E-state index in [1.54, 1.807) is 0 Å². The van der Waals surface area contributed by atoms with Crippen molar-refractivity contribution in [3.8, 4) is 0 Å². The minimum absolute atomic E-state index is 0.584. The van der Waals surface area contributed by atoms with Gasteiger partial charge in [0, 0.05) is 0 Å². The second-order valence-electron chi connectivity index (χ2n) is 7.26. The Morgan fingerprint density at radius 2 is 1.94 bits per heavy atom. The van der Waals surface area contributed by atoms with Gasteiger partial charge in [-0.25, -0.2) is 0 Å². The predicted octanol–water partition coefficient (Wildman–Crippen LogP) is 4.47. The second kappa shape index (κ2) is 6.78. The SMILES string of the molecule is CCCNCC1CCC(C)(C)CC1CC(C)C. The van der Waals surface area contributed by atoms with Crippen molar-refractivity contribution in [3.63, 3.8) is 0 Å². The number of hydrogen-bond acceptors (Lipinski definition) is 1. The first-order chi connectivity index (χ1) is 7.94. The Kier molecular flexibility index (Phi) is 5.99. The molecular formula is C16H33N. The van der Waals surface area contributed by atoms with Crippen LogP contribution in [0, 0.1) is 23.2 Å². The van der Waals surface area contributed by atoms with Crippen molar-refractivity contribution in [1.82, 2.24) is 5.32 Å². The summed E-state index contributed by atoms with van der Waals surface area (Å²) >= 11 is 0. The summed E-state index contributed by atoms with van der Waals surface area (Å²) in [4.78, 5) is 0. The van der Waals surface area contributed by atoms with Crippen molar-refractivity contribution >= 4 is 0 Å². The van der Waals surface area contributed by atoms with E-state index in [1.807, 2.05) is 0 Å². The van der Waals surface area contributed by atoms with E-state index in [0.29, 0.717) is 5.41 Å². The lowest BCUT2D eigenvalue weighted by Gasteiger charge is -2.42. The normalized spacial score (nSPS) is 28.6. The summed E-state index contributed by atoms with van der Waals surface area (Å²) in [6.07, 6.45) is 6.96. The summed E-state index contributed by atoms with van der Waals surface area (Å²) in [5.74, 6) is 2.72. The molecule has 0 aromatic rings. The molecule has 0 heterocycles. The standard InChI is InChI=1S/C16H33N/c1-6-9-17-12-14-7-8-16(4,5)11-15(14)10-13(2)3/h13-15,17H,6-12H2,1-5H3. The van der Waals surface area contributed by atoms with Crippen molar-refractivity contribution in [2.75, 3.05) is 13.1 Å². The molecular weight excluding hydrogens is 206 g/mol. The van der Waals surface area contributed by atoms with E-state index < -0.39 is 0 Å². The van der Waals surface area contributed by atoms with Crippen molar-refractivity contribution in [2.45, 2.75) is 66.7 Å². The van der Waals surface area contributed by atoms with Crippen LogP contribution in [-0.4, -0.2) is 13.1 Å². The van der Waals surface area contributed by atoms with Crippen molar-refractivity contribution in [2.24, 2.45) is 23.2 Å². The molecule has 0 spiro atoms. The van der Waals surface area contributed by atoms with E-state index in [9.17, 15) is 0 Å². The first kappa shape index (κ1) is 15.0. The summed E-state index contributed by atoms with van der Waals surface area (Å²) < 4.78 is 0. The molecule has 0 aromatic carbocycles. The molecule has 1 nitrogen and oxygen atoms in total. The highest BCUT2D eigenvalue weighted by Gasteiger charge is 2.34. The molecule has 2 atom stereocenters. The Balaban J connectivity index is 2.48. The van der Waals surface area contributed by atoms with Crippen LogP contribution in [0.4, 0.5) is 0 Å². The van der Waals surface area contributed by atoms with Gasteiger partial charge in [-0.05, 0) is 68.4 Å². The van der Waals surface area contributed by atoms with Crippen LogP contribution in [0.15, 0.2) is 0 Å². The van der Waals surface area contributed by atoms with Gasteiger partial charge in [0.15, 0.2) is 0 Å². The molecule has 1 aliphatic carbocycles. The van der Waals surface area contributed by atoms with Crippen LogP contribution in [0.25, 0.3) is 0 Å². The Morgan fingerprint density at radius 3 is 2.53 bits per heavy atom. The van der Waals surface area contributed by atoms with Gasteiger partial charge in [-0.3, -0.25) is 0 Å². The van der Waals surface area contributed by atoms with E-state index in [2.05, 4.69) is 39.9 Å². The van der Waals surface area contributed by atoms with Gasteiger partial charge < -0.3 is 5.32 Å². The predicted molar refractivity (Wildman–Crippen MR) is 77.2 cm³/mol. The molecule has 1 heteroatoms. The molecule has 102 valence electrons. The lowest BCUT2D eigenvalue weighted by atomic mass is 9.65. The summed E-state index contributed by atoms with van der Waals surface area (Å²) in [6.45, 7) is 14.3. The van der Waals surface area contributed by atoms with Crippen LogP contribution in [0.3, 0.4) is 0 Å². The fourth-order valence-electron chi connectivity index (χ4n) is 3.40. The fraction of sp³-hybridized carbons (Fsp3) is 1.00. The summed E-state index contributed by atoms with van der Waals surface area (Å²) in [6, 6.07) is 0. The maximum atomic E-state index is 3.64. The molecule has 1 saturated carbocycles. The third-order valence-electron chi connectivity index (χ3n) is 4.28. The average molecular weight is 239 g/mol. The highest BCUT2D eigenvalue weighted by atomic mass is 14.9. The highest BCUT2D eigenvalue weighted by molar-refractivity contribution is 4.86. The molecule has 0 bridgehead atoms. The van der Waals surface area contributed by atoms with Crippen molar-refractivity contribution in [3.05, 3.63) is 0 Å². The molecule has 0 aromatic heterocycles. The Hall–Kier alpha value is -0.0400. The molecule has 2 unspecified atom stereocenters. The lowest BCUT2D eigenvalue weighted by molar-refractivity contribution is 0.101. The van der Waals surface area contributed by atoms with Gasteiger partial charge in [-0.15, -0.1) is 0 Å². The van der Waals surface area contributed by atoms with E-state index in [1.165, 1.54) is 45.2 Å².